The molecule has 1 aromatic rings. The Balaban J connectivity index is 1.57. The lowest BCUT2D eigenvalue weighted by Gasteiger charge is -2.34. The number of nitrogens with one attached hydrogen (secondary N) is 1. The van der Waals surface area contributed by atoms with Gasteiger partial charge in [0.1, 0.15) is 18.4 Å². The molecule has 18 heteroatoms. The summed E-state index contributed by atoms with van der Waals surface area (Å²) in [4.78, 5) is 72.2. The number of aliphatic hydroxyl groups excluding tert-OH is 1. The van der Waals surface area contributed by atoms with Crippen LogP contribution in [0.5, 0.6) is 0 Å². The quantitative estimate of drug-likeness (QED) is 0.269. The Hall–Kier alpha value is -1.84. The van der Waals surface area contributed by atoms with Crippen molar-refractivity contribution in [2.45, 2.75) is 57.5 Å². The van der Waals surface area contributed by atoms with E-state index in [4.69, 9.17) is 9.47 Å². The summed E-state index contributed by atoms with van der Waals surface area (Å²) >= 11 is 0. The summed E-state index contributed by atoms with van der Waals surface area (Å²) in [6, 6.07) is 0. The molecule has 0 aromatic carbocycles. The van der Waals surface area contributed by atoms with Gasteiger partial charge in [0.15, 0.2) is 6.29 Å². The first-order valence-electron chi connectivity index (χ1n) is 9.72. The molecule has 2 unspecified atom stereocenters. The number of hydrogen-bond donors (Lipinski definition) is 2. The highest BCUT2D eigenvalue weighted by molar-refractivity contribution is 7.59. The summed E-state index contributed by atoms with van der Waals surface area (Å²) in [6.45, 7) is 1.72. The number of hydrogen-bond acceptors (Lipinski definition) is 14. The fourth-order valence-corrected chi connectivity index (χ4v) is 5.25. The van der Waals surface area contributed by atoms with Crippen LogP contribution in [0.25, 0.3) is 0 Å². The minimum Gasteiger partial charge on any atom is -0.756 e. The van der Waals surface area contributed by atoms with Gasteiger partial charge in [-0.1, -0.05) is 0 Å². The molecule has 0 aliphatic carbocycles. The number of aromatic amines is 1. The molecule has 2 aliphatic rings. The third kappa shape index (κ3) is 6.43. The fraction of sp³-hybridized carbons (Fsp3) is 0.625. The third-order valence-electron chi connectivity index (χ3n) is 4.86. The van der Waals surface area contributed by atoms with Crippen molar-refractivity contribution in [1.29, 1.82) is 0 Å². The van der Waals surface area contributed by atoms with Gasteiger partial charge in [-0.05, 0) is 13.8 Å². The van der Waals surface area contributed by atoms with Gasteiger partial charge in [-0.15, -0.1) is 0 Å². The van der Waals surface area contributed by atoms with Gasteiger partial charge in [0.2, 0.25) is 11.6 Å². The first-order valence-corrected chi connectivity index (χ1v) is 12.6. The molecule has 7 atom stereocenters. The number of nitrogens with zero attached hydrogens (tertiary/aromatic N) is 1. The van der Waals surface area contributed by atoms with Crippen LogP contribution in [0.4, 0.5) is 0 Å². The van der Waals surface area contributed by atoms with E-state index < -0.39 is 82.3 Å². The lowest BCUT2D eigenvalue weighted by molar-refractivity contribution is -0.259. The fourth-order valence-electron chi connectivity index (χ4n) is 3.19. The highest BCUT2D eigenvalue weighted by atomic mass is 31.3. The molecule has 190 valence electrons. The van der Waals surface area contributed by atoms with E-state index in [1.807, 2.05) is 0 Å². The second kappa shape index (κ2) is 10.0. The molecular formula is C16H20N2O14P2-2. The normalized spacial score (nSPS) is 31.3. The van der Waals surface area contributed by atoms with Crippen molar-refractivity contribution >= 4 is 27.2 Å². The van der Waals surface area contributed by atoms with E-state index in [2.05, 4.69) is 18.3 Å². The van der Waals surface area contributed by atoms with Crippen LogP contribution in [0, 0.1) is 6.92 Å². The summed E-state index contributed by atoms with van der Waals surface area (Å²) in [6.07, 6.45) is -6.52. The molecule has 0 spiro atoms. The van der Waals surface area contributed by atoms with E-state index in [0.29, 0.717) is 0 Å². The first-order chi connectivity index (χ1) is 15.7. The predicted molar refractivity (Wildman–Crippen MR) is 103 cm³/mol. The zero-order valence-electron chi connectivity index (χ0n) is 17.7. The monoisotopic (exact) mass is 526 g/mol. The largest absolute Gasteiger partial charge is 0.756 e. The lowest BCUT2D eigenvalue weighted by Crippen LogP contribution is -2.41. The van der Waals surface area contributed by atoms with E-state index in [-0.39, 0.29) is 12.0 Å². The molecule has 2 N–H and O–H groups in total. The van der Waals surface area contributed by atoms with E-state index in [1.165, 1.54) is 20.0 Å². The van der Waals surface area contributed by atoms with E-state index in [1.54, 1.807) is 0 Å². The average molecular weight is 526 g/mol. The number of carbonyl (C=O) groups excluding carboxylic acids is 2. The molecule has 1 aromatic heterocycles. The van der Waals surface area contributed by atoms with Crippen molar-refractivity contribution in [2.24, 2.45) is 0 Å². The Bertz CT molecular complexity index is 1180. The van der Waals surface area contributed by atoms with Gasteiger partial charge < -0.3 is 28.9 Å². The second-order valence-corrected chi connectivity index (χ2v) is 10.4. The van der Waals surface area contributed by atoms with Crippen LogP contribution in [-0.2, 0) is 41.6 Å². The molecule has 34 heavy (non-hydrogen) atoms. The number of aromatic nitrogens is 2. The van der Waals surface area contributed by atoms with Crippen molar-refractivity contribution in [3.8, 4) is 0 Å². The molecule has 2 saturated heterocycles. The topological polar surface area (TPSA) is 236 Å². The average Bonchev–Trinajstić information content (AvgIpc) is 3.06. The van der Waals surface area contributed by atoms with Gasteiger partial charge in [0, 0.05) is 18.2 Å². The van der Waals surface area contributed by atoms with Crippen LogP contribution in [0.3, 0.4) is 0 Å². The summed E-state index contributed by atoms with van der Waals surface area (Å²) in [5, 5.41) is 10.1. The molecule has 0 saturated carbocycles. The number of aliphatic hydroxyl groups is 1. The number of phosphoric acid groups is 2. The van der Waals surface area contributed by atoms with Gasteiger partial charge >= 0.3 is 5.69 Å². The Morgan fingerprint density at radius 2 is 1.88 bits per heavy atom. The maximum absolute atomic E-state index is 12.0. The number of ether oxygens (including phenoxy) is 2. The minimum absolute atomic E-state index is 0.170. The number of ketones is 2. The molecule has 0 radical (unpaired) electrons. The molecule has 16 nitrogen and oxygen atoms in total. The van der Waals surface area contributed by atoms with Crippen LogP contribution in [-0.4, -0.2) is 57.4 Å². The number of aryl methyl sites for hydroxylation is 1. The van der Waals surface area contributed by atoms with Gasteiger partial charge in [-0.25, -0.2) is 9.11 Å². The molecule has 3 heterocycles. The van der Waals surface area contributed by atoms with E-state index >= 15 is 0 Å². The molecular weight excluding hydrogens is 506 g/mol. The zero-order valence-corrected chi connectivity index (χ0v) is 19.5. The molecule has 2 aliphatic heterocycles. The zero-order chi connectivity index (χ0) is 25.4. The van der Waals surface area contributed by atoms with Crippen LogP contribution in [0.1, 0.15) is 31.6 Å². The predicted octanol–water partition coefficient (Wildman–Crippen LogP) is -2.25. The maximum atomic E-state index is 12.0. The van der Waals surface area contributed by atoms with Gasteiger partial charge in [0.25, 0.3) is 21.2 Å². The SMILES string of the molecule is Cc1cn([C@H]2C[C@H](O)[C@@H](COP(=O)([O-])OP(=O)([O-])O[C@@H]3CC(=O)C(=O)[C@H](C)O3)O2)c(=O)[nH]c1=O. The smallest absolute Gasteiger partial charge is 0.330 e. The molecule has 2 fully saturated rings. The lowest BCUT2D eigenvalue weighted by atomic mass is 10.1. The molecule has 3 rings (SSSR count). The molecule has 0 amide bonds. The van der Waals surface area contributed by atoms with Crippen LogP contribution in [0.15, 0.2) is 15.8 Å². The summed E-state index contributed by atoms with van der Waals surface area (Å²) < 4.78 is 47.9. The summed E-state index contributed by atoms with van der Waals surface area (Å²) in [5.74, 6) is -1.86. The summed E-state index contributed by atoms with van der Waals surface area (Å²) in [7, 11) is -11.2. The number of phosphoric ester groups is 2. The number of Topliss-reactive ketones (excluding diaryl/α,β-unsaturated/α-hetero) is 2. The second-order valence-electron chi connectivity index (χ2n) is 7.49. The Morgan fingerprint density at radius 1 is 1.21 bits per heavy atom. The standard InChI is InChI=1S/C16H22N2O14P2/c1-7-5-18(16(23)17-15(7)22)12-3-9(19)11(30-12)6-28-33(24,25)32-34(26,27)31-13-4-10(20)14(21)8(2)29-13/h5,8-9,11-13,19H,3-4,6H2,1-2H3,(H,24,25)(H,26,27)(H,17,22,23)/p-2/t8-,9-,11+,12+,13+/m0/s1. The Kier molecular flexibility index (Phi) is 7.89. The Morgan fingerprint density at radius 3 is 2.53 bits per heavy atom. The van der Waals surface area contributed by atoms with Crippen LogP contribution >= 0.6 is 15.6 Å². The number of rotatable bonds is 8. The van der Waals surface area contributed by atoms with Crippen molar-refractivity contribution in [1.82, 2.24) is 9.55 Å². The third-order valence-corrected chi connectivity index (χ3v) is 7.41. The number of carbonyl (C=O) groups is 2. The van der Waals surface area contributed by atoms with E-state index in [0.717, 1.165) is 4.57 Å². The number of H-pyrrole nitrogens is 1. The summed E-state index contributed by atoms with van der Waals surface area (Å²) in [5.41, 5.74) is -1.25. The van der Waals surface area contributed by atoms with Crippen molar-refractivity contribution in [3.05, 3.63) is 32.6 Å². The van der Waals surface area contributed by atoms with Crippen LogP contribution < -0.4 is 21.0 Å². The van der Waals surface area contributed by atoms with Crippen molar-refractivity contribution in [2.75, 3.05) is 6.61 Å². The first kappa shape index (κ1) is 26.8. The van der Waals surface area contributed by atoms with E-state index in [9.17, 15) is 43.2 Å². The van der Waals surface area contributed by atoms with Crippen LogP contribution in [0.2, 0.25) is 0 Å². The highest BCUT2D eigenvalue weighted by Gasteiger charge is 2.38. The van der Waals surface area contributed by atoms with Gasteiger partial charge in [0.05, 0.1) is 19.1 Å². The van der Waals surface area contributed by atoms with Gasteiger partial charge in [-0.2, -0.15) is 0 Å². The molecule has 0 bridgehead atoms. The van der Waals surface area contributed by atoms with Crippen molar-refractivity contribution < 1.29 is 56.4 Å². The maximum Gasteiger partial charge on any atom is 0.330 e. The Labute approximate surface area is 190 Å². The van der Waals surface area contributed by atoms with Crippen molar-refractivity contribution in [3.63, 3.8) is 0 Å². The van der Waals surface area contributed by atoms with Gasteiger partial charge in [-0.3, -0.25) is 37.6 Å². The minimum atomic E-state index is -5.63. The highest BCUT2D eigenvalue weighted by Crippen LogP contribution is 2.56.